The largest absolute Gasteiger partial charge is 0.486 e. The fraction of sp³-hybridized carbons (Fsp3) is 0.294. The number of nitrogens with one attached hydrogen (secondary N) is 2. The van der Waals surface area contributed by atoms with Crippen molar-refractivity contribution in [2.45, 2.75) is 19.5 Å². The van der Waals surface area contributed by atoms with Gasteiger partial charge >= 0.3 is 6.03 Å². The Morgan fingerprint density at radius 2 is 2.04 bits per heavy atom. The first-order chi connectivity index (χ1) is 11.2. The molecule has 1 aliphatic heterocycles. The van der Waals surface area contributed by atoms with Crippen molar-refractivity contribution in [1.82, 2.24) is 15.6 Å². The lowest BCUT2D eigenvalue weighted by Gasteiger charge is -2.21. The molecule has 1 aliphatic rings. The maximum atomic E-state index is 12.0. The summed E-state index contributed by atoms with van der Waals surface area (Å²) < 4.78 is 11.1. The number of rotatable bonds is 4. The van der Waals surface area contributed by atoms with Crippen LogP contribution in [-0.2, 0) is 6.54 Å². The van der Waals surface area contributed by atoms with Gasteiger partial charge in [0.05, 0.1) is 18.3 Å². The van der Waals surface area contributed by atoms with Gasteiger partial charge in [0.2, 0.25) is 0 Å². The van der Waals surface area contributed by atoms with Crippen LogP contribution in [-0.4, -0.2) is 24.2 Å². The van der Waals surface area contributed by atoms with E-state index in [1.54, 1.807) is 6.20 Å². The van der Waals surface area contributed by atoms with Crippen LogP contribution in [0.2, 0.25) is 0 Å². The van der Waals surface area contributed by atoms with E-state index in [4.69, 9.17) is 9.47 Å². The van der Waals surface area contributed by atoms with Gasteiger partial charge in [0.25, 0.3) is 0 Å². The Morgan fingerprint density at radius 1 is 1.22 bits per heavy atom. The van der Waals surface area contributed by atoms with Gasteiger partial charge in [-0.25, -0.2) is 4.79 Å². The lowest BCUT2D eigenvalue weighted by Crippen LogP contribution is -2.36. The standard InChI is InChI=1S/C17H19N3O3/c1-12(13-5-6-15-16(10-13)23-9-8-22-15)20-17(21)19-11-14-4-2-3-7-18-14/h2-7,10,12H,8-9,11H2,1H3,(H2,19,20,21)/t12-/m1/s1. The maximum absolute atomic E-state index is 12.0. The minimum absolute atomic E-state index is 0.144. The number of hydrogen-bond donors (Lipinski definition) is 2. The molecule has 0 fully saturated rings. The molecule has 1 aromatic carbocycles. The van der Waals surface area contributed by atoms with Gasteiger partial charge in [0, 0.05) is 6.20 Å². The average Bonchev–Trinajstić information content (AvgIpc) is 2.60. The summed E-state index contributed by atoms with van der Waals surface area (Å²) >= 11 is 0. The lowest BCUT2D eigenvalue weighted by atomic mass is 10.1. The van der Waals surface area contributed by atoms with Crippen LogP contribution in [0.15, 0.2) is 42.6 Å². The van der Waals surface area contributed by atoms with Gasteiger partial charge in [-0.2, -0.15) is 0 Å². The predicted molar refractivity (Wildman–Crippen MR) is 85.5 cm³/mol. The summed E-state index contributed by atoms with van der Waals surface area (Å²) in [7, 11) is 0. The average molecular weight is 313 g/mol. The normalized spacial score (nSPS) is 14.0. The van der Waals surface area contributed by atoms with Crippen LogP contribution in [0, 0.1) is 0 Å². The Balaban J connectivity index is 1.56. The van der Waals surface area contributed by atoms with E-state index in [-0.39, 0.29) is 12.1 Å². The second-order valence-electron chi connectivity index (χ2n) is 5.27. The molecule has 2 aromatic rings. The zero-order valence-corrected chi connectivity index (χ0v) is 12.9. The third-order valence-corrected chi connectivity index (χ3v) is 3.57. The molecule has 0 bridgehead atoms. The smallest absolute Gasteiger partial charge is 0.315 e. The van der Waals surface area contributed by atoms with Crippen molar-refractivity contribution in [2.24, 2.45) is 0 Å². The highest BCUT2D eigenvalue weighted by Gasteiger charge is 2.15. The van der Waals surface area contributed by atoms with Crippen molar-refractivity contribution in [3.63, 3.8) is 0 Å². The molecule has 3 rings (SSSR count). The fourth-order valence-electron chi connectivity index (χ4n) is 2.33. The molecule has 0 aliphatic carbocycles. The quantitative estimate of drug-likeness (QED) is 0.909. The molecular formula is C17H19N3O3. The van der Waals surface area contributed by atoms with Crippen molar-refractivity contribution < 1.29 is 14.3 Å². The Labute approximate surface area is 134 Å². The highest BCUT2D eigenvalue weighted by Crippen LogP contribution is 2.32. The van der Waals surface area contributed by atoms with Crippen molar-refractivity contribution in [2.75, 3.05) is 13.2 Å². The van der Waals surface area contributed by atoms with E-state index < -0.39 is 0 Å². The molecule has 120 valence electrons. The van der Waals surface area contributed by atoms with Gasteiger partial charge in [-0.15, -0.1) is 0 Å². The number of pyridine rings is 1. The third kappa shape index (κ3) is 3.91. The number of nitrogens with zero attached hydrogens (tertiary/aromatic N) is 1. The second kappa shape index (κ2) is 7.00. The van der Waals surface area contributed by atoms with Crippen molar-refractivity contribution in [3.8, 4) is 11.5 Å². The van der Waals surface area contributed by atoms with E-state index in [1.165, 1.54) is 0 Å². The lowest BCUT2D eigenvalue weighted by molar-refractivity contribution is 0.171. The minimum Gasteiger partial charge on any atom is -0.486 e. The SMILES string of the molecule is C[C@@H](NC(=O)NCc1ccccn1)c1ccc2c(c1)OCCO2. The minimum atomic E-state index is -0.238. The summed E-state index contributed by atoms with van der Waals surface area (Å²) in [5.41, 5.74) is 1.77. The van der Waals surface area contributed by atoms with Crippen LogP contribution in [0.3, 0.4) is 0 Å². The first kappa shape index (κ1) is 15.1. The van der Waals surface area contributed by atoms with E-state index in [9.17, 15) is 4.79 Å². The molecule has 0 saturated carbocycles. The molecule has 2 heterocycles. The van der Waals surface area contributed by atoms with Gasteiger partial charge in [-0.3, -0.25) is 4.98 Å². The monoisotopic (exact) mass is 313 g/mol. The molecule has 2 amide bonds. The summed E-state index contributed by atoms with van der Waals surface area (Å²) in [4.78, 5) is 16.1. The van der Waals surface area contributed by atoms with Gasteiger partial charge < -0.3 is 20.1 Å². The summed E-state index contributed by atoms with van der Waals surface area (Å²) in [6.07, 6.45) is 1.70. The van der Waals surface area contributed by atoms with Gasteiger partial charge in [-0.05, 0) is 36.8 Å². The van der Waals surface area contributed by atoms with Gasteiger partial charge in [0.1, 0.15) is 13.2 Å². The van der Waals surface area contributed by atoms with E-state index in [2.05, 4.69) is 15.6 Å². The molecule has 0 unspecified atom stereocenters. The number of benzene rings is 1. The topological polar surface area (TPSA) is 72.5 Å². The Hall–Kier alpha value is -2.76. The van der Waals surface area contributed by atoms with E-state index in [0.29, 0.717) is 19.8 Å². The number of carbonyl (C=O) groups excluding carboxylic acids is 1. The number of carbonyl (C=O) groups is 1. The number of urea groups is 1. The Bertz CT molecular complexity index is 676. The van der Waals surface area contributed by atoms with Gasteiger partial charge in [0.15, 0.2) is 11.5 Å². The first-order valence-corrected chi connectivity index (χ1v) is 7.56. The zero-order valence-electron chi connectivity index (χ0n) is 12.9. The van der Waals surface area contributed by atoms with Crippen LogP contribution in [0.5, 0.6) is 11.5 Å². The summed E-state index contributed by atoms with van der Waals surface area (Å²) in [6.45, 7) is 3.42. The van der Waals surface area contributed by atoms with Crippen molar-refractivity contribution in [3.05, 3.63) is 53.9 Å². The number of ether oxygens (including phenoxy) is 2. The molecule has 1 atom stereocenters. The highest BCUT2D eigenvalue weighted by atomic mass is 16.6. The van der Waals surface area contributed by atoms with Gasteiger partial charge in [-0.1, -0.05) is 12.1 Å². The molecule has 6 nitrogen and oxygen atoms in total. The zero-order chi connectivity index (χ0) is 16.1. The molecular weight excluding hydrogens is 294 g/mol. The molecule has 2 N–H and O–H groups in total. The van der Waals surface area contributed by atoms with Crippen LogP contribution < -0.4 is 20.1 Å². The van der Waals surface area contributed by atoms with Crippen LogP contribution in [0.25, 0.3) is 0 Å². The summed E-state index contributed by atoms with van der Waals surface area (Å²) in [5, 5.41) is 5.69. The van der Waals surface area contributed by atoms with E-state index >= 15 is 0 Å². The molecule has 0 saturated heterocycles. The molecule has 0 spiro atoms. The summed E-state index contributed by atoms with van der Waals surface area (Å²) in [6, 6.07) is 10.9. The molecule has 0 radical (unpaired) electrons. The van der Waals surface area contributed by atoms with E-state index in [0.717, 1.165) is 22.8 Å². The number of fused-ring (bicyclic) bond motifs is 1. The molecule has 23 heavy (non-hydrogen) atoms. The van der Waals surface area contributed by atoms with Crippen molar-refractivity contribution >= 4 is 6.03 Å². The Kier molecular flexibility index (Phi) is 4.61. The predicted octanol–water partition coefficient (Wildman–Crippen LogP) is 2.41. The fourth-order valence-corrected chi connectivity index (χ4v) is 2.33. The van der Waals surface area contributed by atoms with Crippen LogP contribution >= 0.6 is 0 Å². The molecule has 1 aromatic heterocycles. The number of aromatic nitrogens is 1. The summed E-state index contributed by atoms with van der Waals surface area (Å²) in [5.74, 6) is 1.46. The maximum Gasteiger partial charge on any atom is 0.315 e. The third-order valence-electron chi connectivity index (χ3n) is 3.57. The van der Waals surface area contributed by atoms with E-state index in [1.807, 2.05) is 43.3 Å². The Morgan fingerprint density at radius 3 is 2.83 bits per heavy atom. The van der Waals surface area contributed by atoms with Crippen molar-refractivity contribution in [1.29, 1.82) is 0 Å². The highest BCUT2D eigenvalue weighted by molar-refractivity contribution is 5.74. The second-order valence-corrected chi connectivity index (χ2v) is 5.27. The first-order valence-electron chi connectivity index (χ1n) is 7.56. The molecule has 6 heteroatoms. The number of hydrogen-bond acceptors (Lipinski definition) is 4. The number of amides is 2. The van der Waals surface area contributed by atoms with Crippen LogP contribution in [0.4, 0.5) is 4.79 Å². The van der Waals surface area contributed by atoms with Crippen LogP contribution in [0.1, 0.15) is 24.2 Å².